The summed E-state index contributed by atoms with van der Waals surface area (Å²) in [5.74, 6) is -0.787. The lowest BCUT2D eigenvalue weighted by Gasteiger charge is -2.10. The Kier molecular flexibility index (Phi) is 4.49. The molecule has 0 saturated carbocycles. The third-order valence-electron chi connectivity index (χ3n) is 2.86. The molecule has 0 bridgehead atoms. The second-order valence-electron chi connectivity index (χ2n) is 4.44. The number of amides is 1. The van der Waals surface area contributed by atoms with Crippen molar-refractivity contribution in [1.82, 2.24) is 10.3 Å². The second-order valence-corrected chi connectivity index (χ2v) is 5.37. The Labute approximate surface area is 124 Å². The Morgan fingerprint density at radius 3 is 2.95 bits per heavy atom. The van der Waals surface area contributed by atoms with Crippen molar-refractivity contribution in [1.29, 1.82) is 0 Å². The number of hydrogen-bond acceptors (Lipinski definition) is 6. The van der Waals surface area contributed by atoms with Crippen LogP contribution in [0.25, 0.3) is 0 Å². The van der Waals surface area contributed by atoms with Crippen LogP contribution in [0.3, 0.4) is 0 Å². The topological polar surface area (TPSA) is 105 Å². The predicted octanol–water partition coefficient (Wildman–Crippen LogP) is 2.29. The maximum atomic E-state index is 12.1. The lowest BCUT2D eigenvalue weighted by molar-refractivity contribution is -0.385. The van der Waals surface area contributed by atoms with Crippen LogP contribution in [0, 0.1) is 10.1 Å². The van der Waals surface area contributed by atoms with Gasteiger partial charge in [0.15, 0.2) is 0 Å². The van der Waals surface area contributed by atoms with Crippen molar-refractivity contribution in [2.24, 2.45) is 0 Å². The van der Waals surface area contributed by atoms with Crippen LogP contribution >= 0.6 is 11.3 Å². The smallest absolute Gasteiger partial charge is 0.282 e. The van der Waals surface area contributed by atoms with Crippen LogP contribution in [0.4, 0.5) is 5.69 Å². The van der Waals surface area contributed by atoms with Crippen molar-refractivity contribution in [3.05, 3.63) is 50.5 Å². The summed E-state index contributed by atoms with van der Waals surface area (Å²) in [5.41, 5.74) is -0.501. The van der Waals surface area contributed by atoms with Crippen LogP contribution in [-0.4, -0.2) is 27.5 Å². The molecule has 1 aromatic heterocycles. The summed E-state index contributed by atoms with van der Waals surface area (Å²) in [6.07, 6.45) is 1.68. The van der Waals surface area contributed by atoms with Crippen LogP contribution < -0.4 is 5.32 Å². The van der Waals surface area contributed by atoms with Crippen molar-refractivity contribution in [2.45, 2.75) is 12.8 Å². The minimum Gasteiger partial charge on any atom is -0.508 e. The van der Waals surface area contributed by atoms with Gasteiger partial charge in [0.2, 0.25) is 0 Å². The Bertz CT molecular complexity index is 657. The Morgan fingerprint density at radius 1 is 1.57 bits per heavy atom. The molecule has 7 nitrogen and oxygen atoms in total. The summed E-state index contributed by atoms with van der Waals surface area (Å²) >= 11 is 1.48. The molecule has 2 N–H and O–H groups in total. The molecule has 0 saturated heterocycles. The number of benzene rings is 1. The summed E-state index contributed by atoms with van der Waals surface area (Å²) in [4.78, 5) is 26.4. The first-order chi connectivity index (χ1) is 9.99. The molecule has 110 valence electrons. The molecular formula is C13H13N3O4S. The fourth-order valence-corrected chi connectivity index (χ4v) is 2.47. The summed E-state index contributed by atoms with van der Waals surface area (Å²) in [6, 6.07) is 3.36. The molecule has 8 heteroatoms. The van der Waals surface area contributed by atoms with Crippen LogP contribution in [0.1, 0.15) is 28.2 Å². The molecule has 2 aromatic rings. The van der Waals surface area contributed by atoms with E-state index in [0.29, 0.717) is 6.54 Å². The van der Waals surface area contributed by atoms with E-state index in [4.69, 9.17) is 0 Å². The lowest BCUT2D eigenvalue weighted by atomic mass is 10.1. The SMILES string of the molecule is CC(CNC(=O)c1cc(O)ccc1[N+](=O)[O-])c1nccs1. The van der Waals surface area contributed by atoms with Crippen molar-refractivity contribution >= 4 is 22.9 Å². The minimum atomic E-state index is -0.654. The van der Waals surface area contributed by atoms with Gasteiger partial charge in [-0.2, -0.15) is 0 Å². The largest absolute Gasteiger partial charge is 0.508 e. The van der Waals surface area contributed by atoms with E-state index in [-0.39, 0.29) is 22.9 Å². The number of rotatable bonds is 5. The van der Waals surface area contributed by atoms with Gasteiger partial charge in [0.05, 0.1) is 9.93 Å². The number of hydrogen-bond donors (Lipinski definition) is 2. The number of carbonyl (C=O) groups excluding carboxylic acids is 1. The van der Waals surface area contributed by atoms with Gasteiger partial charge in [0.1, 0.15) is 11.3 Å². The Morgan fingerprint density at radius 2 is 2.33 bits per heavy atom. The van der Waals surface area contributed by atoms with Gasteiger partial charge in [0, 0.05) is 30.1 Å². The van der Waals surface area contributed by atoms with Crippen molar-refractivity contribution in [3.8, 4) is 5.75 Å². The predicted molar refractivity (Wildman–Crippen MR) is 77.6 cm³/mol. The van der Waals surface area contributed by atoms with E-state index in [1.165, 1.54) is 17.4 Å². The Hall–Kier alpha value is -2.48. The molecule has 1 amide bonds. The molecule has 1 heterocycles. The number of nitro benzene ring substituents is 1. The average Bonchev–Trinajstić information content (AvgIpc) is 2.98. The first-order valence-corrected chi connectivity index (χ1v) is 7.02. The molecule has 0 aliphatic heterocycles. The van der Waals surface area contributed by atoms with Gasteiger partial charge in [-0.25, -0.2) is 4.98 Å². The number of nitrogens with one attached hydrogen (secondary N) is 1. The number of nitrogens with zero attached hydrogens (tertiary/aromatic N) is 2. The molecule has 1 unspecified atom stereocenters. The molecule has 21 heavy (non-hydrogen) atoms. The highest BCUT2D eigenvalue weighted by atomic mass is 32.1. The van der Waals surface area contributed by atoms with Crippen molar-refractivity contribution in [2.75, 3.05) is 6.54 Å². The normalized spacial score (nSPS) is 11.9. The third-order valence-corrected chi connectivity index (χ3v) is 3.87. The lowest BCUT2D eigenvalue weighted by Crippen LogP contribution is -2.28. The first kappa shape index (κ1) is 14.9. The van der Waals surface area contributed by atoms with E-state index in [1.54, 1.807) is 6.20 Å². The maximum absolute atomic E-state index is 12.1. The molecule has 0 spiro atoms. The van der Waals surface area contributed by atoms with E-state index >= 15 is 0 Å². The number of phenolic OH excluding ortho intramolecular Hbond substituents is 1. The van der Waals surface area contributed by atoms with Gasteiger partial charge in [0.25, 0.3) is 11.6 Å². The molecule has 1 atom stereocenters. The maximum Gasteiger partial charge on any atom is 0.282 e. The number of thiazole rings is 1. The van der Waals surface area contributed by atoms with E-state index in [2.05, 4.69) is 10.3 Å². The fourth-order valence-electron chi connectivity index (χ4n) is 1.77. The van der Waals surface area contributed by atoms with Gasteiger partial charge in [-0.1, -0.05) is 6.92 Å². The van der Waals surface area contributed by atoms with E-state index in [1.807, 2.05) is 12.3 Å². The van der Waals surface area contributed by atoms with E-state index in [0.717, 1.165) is 17.1 Å². The number of aromatic hydroxyl groups is 1. The first-order valence-electron chi connectivity index (χ1n) is 6.14. The van der Waals surface area contributed by atoms with Gasteiger partial charge >= 0.3 is 0 Å². The summed E-state index contributed by atoms with van der Waals surface area (Å²) in [7, 11) is 0. The van der Waals surface area contributed by atoms with Crippen LogP contribution in [-0.2, 0) is 0 Å². The monoisotopic (exact) mass is 307 g/mol. The van der Waals surface area contributed by atoms with Crippen LogP contribution in [0.15, 0.2) is 29.8 Å². The summed E-state index contributed by atoms with van der Waals surface area (Å²) < 4.78 is 0. The zero-order valence-electron chi connectivity index (χ0n) is 11.1. The molecular weight excluding hydrogens is 294 g/mol. The van der Waals surface area contributed by atoms with E-state index in [9.17, 15) is 20.0 Å². The van der Waals surface area contributed by atoms with Gasteiger partial charge in [-0.3, -0.25) is 14.9 Å². The highest BCUT2D eigenvalue weighted by Crippen LogP contribution is 2.23. The number of nitro groups is 1. The van der Waals surface area contributed by atoms with Gasteiger partial charge < -0.3 is 10.4 Å². The van der Waals surface area contributed by atoms with Crippen molar-refractivity contribution < 1.29 is 14.8 Å². The third kappa shape index (κ3) is 3.54. The van der Waals surface area contributed by atoms with Gasteiger partial charge in [-0.15, -0.1) is 11.3 Å². The second kappa shape index (κ2) is 6.31. The Balaban J connectivity index is 2.10. The van der Waals surface area contributed by atoms with Crippen LogP contribution in [0.2, 0.25) is 0 Å². The quantitative estimate of drug-likeness (QED) is 0.651. The highest BCUT2D eigenvalue weighted by Gasteiger charge is 2.21. The summed E-state index contributed by atoms with van der Waals surface area (Å²) in [5, 5.41) is 25.6. The molecule has 2 rings (SSSR count). The number of carbonyl (C=O) groups is 1. The number of aromatic nitrogens is 1. The van der Waals surface area contributed by atoms with Crippen molar-refractivity contribution in [3.63, 3.8) is 0 Å². The molecule has 0 aliphatic carbocycles. The van der Waals surface area contributed by atoms with Gasteiger partial charge in [-0.05, 0) is 12.1 Å². The fraction of sp³-hybridized carbons (Fsp3) is 0.231. The molecule has 0 fully saturated rings. The standard InChI is InChI=1S/C13H13N3O4S/c1-8(13-14-4-5-21-13)7-15-12(18)10-6-9(17)2-3-11(10)16(19)20/h2-6,8,17H,7H2,1H3,(H,15,18). The highest BCUT2D eigenvalue weighted by molar-refractivity contribution is 7.09. The average molecular weight is 307 g/mol. The zero-order chi connectivity index (χ0) is 15.4. The summed E-state index contributed by atoms with van der Waals surface area (Å²) in [6.45, 7) is 2.20. The minimum absolute atomic E-state index is 0.00492. The molecule has 0 aliphatic rings. The molecule has 1 aromatic carbocycles. The zero-order valence-corrected chi connectivity index (χ0v) is 12.0. The number of phenols is 1. The van der Waals surface area contributed by atoms with E-state index < -0.39 is 10.8 Å². The van der Waals surface area contributed by atoms with Crippen LogP contribution in [0.5, 0.6) is 5.75 Å². The molecule has 0 radical (unpaired) electrons.